The predicted octanol–water partition coefficient (Wildman–Crippen LogP) is 4.10. The first-order chi connectivity index (χ1) is 15.8. The Morgan fingerprint density at radius 1 is 1.24 bits per heavy atom. The molecule has 3 atom stereocenters. The number of nitrogens with zero attached hydrogens (tertiary/aromatic N) is 3. The van der Waals surface area contributed by atoms with E-state index < -0.39 is 5.60 Å². The van der Waals surface area contributed by atoms with Crippen LogP contribution < -0.4 is 0 Å². The van der Waals surface area contributed by atoms with E-state index in [4.69, 9.17) is 24.2 Å². The van der Waals surface area contributed by atoms with E-state index in [-0.39, 0.29) is 24.3 Å². The van der Waals surface area contributed by atoms with Crippen LogP contribution in [0, 0.1) is 0 Å². The molecule has 8 heteroatoms. The molecule has 3 unspecified atom stereocenters. The number of allylic oxidation sites excluding steroid dienone is 1. The Balaban J connectivity index is 1.34. The van der Waals surface area contributed by atoms with Crippen LogP contribution in [0.5, 0.6) is 0 Å². The van der Waals surface area contributed by atoms with Crippen molar-refractivity contribution in [2.24, 2.45) is 4.99 Å². The van der Waals surface area contributed by atoms with E-state index in [1.54, 1.807) is 4.90 Å². The molecule has 0 spiro atoms. The number of pyridine rings is 1. The summed E-state index contributed by atoms with van der Waals surface area (Å²) in [6, 6.07) is 4.15. The molecule has 0 radical (unpaired) electrons. The minimum absolute atomic E-state index is 0.0232. The van der Waals surface area contributed by atoms with Crippen molar-refractivity contribution < 1.29 is 19.0 Å². The quantitative estimate of drug-likeness (QED) is 0.741. The normalized spacial score (nSPS) is 26.2. The van der Waals surface area contributed by atoms with Gasteiger partial charge in [-0.1, -0.05) is 6.08 Å². The van der Waals surface area contributed by atoms with Crippen LogP contribution in [0.4, 0.5) is 10.6 Å². The third-order valence-corrected chi connectivity index (χ3v) is 6.47. The summed E-state index contributed by atoms with van der Waals surface area (Å²) in [5.41, 5.74) is 3.72. The smallest absolute Gasteiger partial charge is 0.410 e. The highest BCUT2D eigenvalue weighted by Crippen LogP contribution is 2.32. The maximum atomic E-state index is 12.5. The second-order valence-corrected chi connectivity index (χ2v) is 10.0. The highest BCUT2D eigenvalue weighted by atomic mass is 16.6. The highest BCUT2D eigenvalue weighted by Gasteiger charge is 2.31. The van der Waals surface area contributed by atoms with Gasteiger partial charge in [0, 0.05) is 36.3 Å². The zero-order valence-corrected chi connectivity index (χ0v) is 19.8. The van der Waals surface area contributed by atoms with Gasteiger partial charge in [0.2, 0.25) is 0 Å². The van der Waals surface area contributed by atoms with E-state index in [9.17, 15) is 4.79 Å². The fourth-order valence-electron chi connectivity index (χ4n) is 4.79. The summed E-state index contributed by atoms with van der Waals surface area (Å²) in [5, 5.41) is 1.10. The van der Waals surface area contributed by atoms with Crippen LogP contribution in [0.3, 0.4) is 0 Å². The minimum atomic E-state index is -0.502. The number of H-pyrrole nitrogens is 1. The Morgan fingerprint density at radius 2 is 2.06 bits per heavy atom. The molecule has 1 fully saturated rings. The third kappa shape index (κ3) is 4.68. The number of fused-ring (bicyclic) bond motifs is 4. The Kier molecular flexibility index (Phi) is 5.74. The lowest BCUT2D eigenvalue weighted by Crippen LogP contribution is -2.43. The second kappa shape index (κ2) is 8.57. The molecule has 8 nitrogen and oxygen atoms in total. The fraction of sp³-hybridized carbons (Fsp3) is 0.560. The van der Waals surface area contributed by atoms with Gasteiger partial charge < -0.3 is 24.1 Å². The Labute approximate surface area is 194 Å². The summed E-state index contributed by atoms with van der Waals surface area (Å²) in [5.74, 6) is 0.679. The zero-order chi connectivity index (χ0) is 23.2. The first-order valence-electron chi connectivity index (χ1n) is 11.7. The number of amides is 1. The molecule has 1 amide bonds. The summed E-state index contributed by atoms with van der Waals surface area (Å²) >= 11 is 0. The molecule has 2 aromatic rings. The summed E-state index contributed by atoms with van der Waals surface area (Å²) in [7, 11) is 1.83. The topological polar surface area (TPSA) is 89.0 Å². The number of aryl methyl sites for hydroxylation is 1. The maximum absolute atomic E-state index is 12.5. The molecule has 3 aliphatic rings. The number of hydrogen-bond acceptors (Lipinski definition) is 6. The van der Waals surface area contributed by atoms with Crippen molar-refractivity contribution in [2.45, 2.75) is 70.3 Å². The van der Waals surface area contributed by atoms with Gasteiger partial charge in [-0.2, -0.15) is 0 Å². The van der Waals surface area contributed by atoms with Crippen LogP contribution in [0.1, 0.15) is 44.9 Å². The largest absolute Gasteiger partial charge is 0.444 e. The van der Waals surface area contributed by atoms with Gasteiger partial charge in [0.25, 0.3) is 0 Å². The number of carbonyl (C=O) groups excluding carboxylic acids is 1. The van der Waals surface area contributed by atoms with Gasteiger partial charge in [-0.05, 0) is 63.8 Å². The number of likely N-dealkylation sites (N-methyl/N-ethyl adjacent to an activating group) is 1. The van der Waals surface area contributed by atoms with E-state index in [1.807, 2.05) is 46.0 Å². The van der Waals surface area contributed by atoms with Gasteiger partial charge >= 0.3 is 6.09 Å². The third-order valence-electron chi connectivity index (χ3n) is 6.47. The first-order valence-corrected chi connectivity index (χ1v) is 11.7. The maximum Gasteiger partial charge on any atom is 0.410 e. The molecule has 1 N–H and O–H groups in total. The van der Waals surface area contributed by atoms with Crippen LogP contribution >= 0.6 is 0 Å². The Morgan fingerprint density at radius 3 is 2.88 bits per heavy atom. The number of rotatable bonds is 2. The Bertz CT molecular complexity index is 1110. The van der Waals surface area contributed by atoms with Crippen molar-refractivity contribution in [3.8, 4) is 0 Å². The summed E-state index contributed by atoms with van der Waals surface area (Å²) in [6.07, 6.45) is 7.08. The summed E-state index contributed by atoms with van der Waals surface area (Å²) in [4.78, 5) is 27.3. The van der Waals surface area contributed by atoms with Crippen molar-refractivity contribution in [3.63, 3.8) is 0 Å². The van der Waals surface area contributed by atoms with Gasteiger partial charge in [0.15, 0.2) is 5.82 Å². The number of ether oxygens (including phenoxy) is 3. The average molecular weight is 453 g/mol. The molecule has 0 saturated carbocycles. The second-order valence-electron chi connectivity index (χ2n) is 10.0. The zero-order valence-electron chi connectivity index (χ0n) is 19.8. The van der Waals surface area contributed by atoms with E-state index in [1.165, 1.54) is 11.3 Å². The first kappa shape index (κ1) is 22.1. The number of aliphatic imine (C=N–C) groups is 1. The number of carbonyl (C=O) groups is 1. The number of aromatic amines is 1. The van der Waals surface area contributed by atoms with Gasteiger partial charge in [-0.3, -0.25) is 0 Å². The van der Waals surface area contributed by atoms with E-state index in [2.05, 4.69) is 11.1 Å². The SMILES string of the molecule is CN(C(=O)OC(C)(C)C)C1CCc2[nH]c3nc(N=C4C=CC5OCCOC5C4)ccc3c2C1. The Hall–Kier alpha value is -2.71. The standard InChI is InChI=1S/C25H32N4O4/c1-25(2,3)33-24(30)29(4)16-6-8-19-18(14-16)17-7-10-22(28-23(17)27-19)26-15-5-9-20-21(13-15)32-12-11-31-20/h5,7,9-10,16,20-21H,6,8,11-14H2,1-4H3,(H,27,28). The molecule has 3 heterocycles. The molecule has 33 heavy (non-hydrogen) atoms. The fourth-order valence-corrected chi connectivity index (χ4v) is 4.79. The van der Waals surface area contributed by atoms with E-state index >= 15 is 0 Å². The van der Waals surface area contributed by atoms with Crippen molar-refractivity contribution in [2.75, 3.05) is 20.3 Å². The molecular formula is C25H32N4O4. The van der Waals surface area contributed by atoms with Crippen molar-refractivity contribution in [1.29, 1.82) is 0 Å². The van der Waals surface area contributed by atoms with Gasteiger partial charge in [0.05, 0.1) is 19.3 Å². The van der Waals surface area contributed by atoms with Gasteiger partial charge in [-0.15, -0.1) is 0 Å². The molecule has 0 aromatic carbocycles. The molecule has 176 valence electrons. The van der Waals surface area contributed by atoms with Crippen molar-refractivity contribution >= 4 is 28.7 Å². The van der Waals surface area contributed by atoms with E-state index in [0.29, 0.717) is 19.0 Å². The number of hydrogen-bond donors (Lipinski definition) is 1. The molecule has 0 bridgehead atoms. The predicted molar refractivity (Wildman–Crippen MR) is 126 cm³/mol. The molecular weight excluding hydrogens is 420 g/mol. The lowest BCUT2D eigenvalue weighted by Gasteiger charge is -2.33. The molecule has 1 aliphatic heterocycles. The summed E-state index contributed by atoms with van der Waals surface area (Å²) in [6.45, 7) is 6.94. The van der Waals surface area contributed by atoms with Gasteiger partial charge in [-0.25, -0.2) is 14.8 Å². The van der Waals surface area contributed by atoms with Crippen LogP contribution in [0.25, 0.3) is 11.0 Å². The summed E-state index contributed by atoms with van der Waals surface area (Å²) < 4.78 is 17.1. The minimum Gasteiger partial charge on any atom is -0.444 e. The molecule has 2 aliphatic carbocycles. The van der Waals surface area contributed by atoms with Crippen LogP contribution in [-0.2, 0) is 27.1 Å². The van der Waals surface area contributed by atoms with Gasteiger partial charge in [0.1, 0.15) is 17.4 Å². The van der Waals surface area contributed by atoms with Crippen molar-refractivity contribution in [3.05, 3.63) is 35.5 Å². The number of nitrogens with one attached hydrogen (secondary N) is 1. The highest BCUT2D eigenvalue weighted by molar-refractivity contribution is 5.98. The average Bonchev–Trinajstić information content (AvgIpc) is 3.14. The van der Waals surface area contributed by atoms with Crippen LogP contribution in [-0.4, -0.2) is 70.8 Å². The van der Waals surface area contributed by atoms with Crippen molar-refractivity contribution in [1.82, 2.24) is 14.9 Å². The van der Waals surface area contributed by atoms with E-state index in [0.717, 1.165) is 42.4 Å². The van der Waals surface area contributed by atoms with Crippen LogP contribution in [0.2, 0.25) is 0 Å². The molecule has 5 rings (SSSR count). The molecule has 2 aromatic heterocycles. The van der Waals surface area contributed by atoms with Crippen LogP contribution in [0.15, 0.2) is 29.3 Å². The molecule has 1 saturated heterocycles. The lowest BCUT2D eigenvalue weighted by molar-refractivity contribution is -0.118. The number of aromatic nitrogens is 2. The lowest BCUT2D eigenvalue weighted by atomic mass is 9.91. The monoisotopic (exact) mass is 452 g/mol.